The van der Waals surface area contributed by atoms with Gasteiger partial charge in [0.05, 0.1) is 5.69 Å². The van der Waals surface area contributed by atoms with Crippen LogP contribution in [-0.2, 0) is 4.79 Å². The number of amides is 1. The van der Waals surface area contributed by atoms with Crippen LogP contribution in [0.4, 0.5) is 21.5 Å². The highest BCUT2D eigenvalue weighted by molar-refractivity contribution is 5.91. The molecule has 0 spiro atoms. The lowest BCUT2D eigenvalue weighted by Gasteiger charge is -2.21. The predicted octanol–water partition coefficient (Wildman–Crippen LogP) is 4.11. The first-order valence-electron chi connectivity index (χ1n) is 8.27. The Hall–Kier alpha value is -2.56. The molecular weight excluding hydrogens is 305 g/mol. The van der Waals surface area contributed by atoms with E-state index in [1.54, 1.807) is 18.2 Å². The fourth-order valence-electron chi connectivity index (χ4n) is 2.48. The molecule has 1 amide bonds. The highest BCUT2D eigenvalue weighted by Gasteiger charge is 2.05. The average Bonchev–Trinajstić information content (AvgIpc) is 2.59. The fraction of sp³-hybridized carbons (Fsp3) is 0.316. The first kappa shape index (κ1) is 17.8. The van der Waals surface area contributed by atoms with Gasteiger partial charge in [0.2, 0.25) is 5.91 Å². The number of benzene rings is 2. The third-order valence-corrected chi connectivity index (χ3v) is 3.82. The van der Waals surface area contributed by atoms with Gasteiger partial charge in [0.15, 0.2) is 0 Å². The highest BCUT2D eigenvalue weighted by atomic mass is 19.1. The Bertz CT molecular complexity index is 654. The lowest BCUT2D eigenvalue weighted by Crippen LogP contribution is -2.21. The number of para-hydroxylation sites is 1. The topological polar surface area (TPSA) is 44.4 Å². The van der Waals surface area contributed by atoms with Gasteiger partial charge in [-0.3, -0.25) is 4.79 Å². The van der Waals surface area contributed by atoms with E-state index >= 15 is 0 Å². The molecule has 0 aliphatic heterocycles. The minimum atomic E-state index is -0.315. The van der Waals surface area contributed by atoms with E-state index in [2.05, 4.69) is 29.4 Å². The van der Waals surface area contributed by atoms with Crippen LogP contribution in [-0.4, -0.2) is 25.5 Å². The maximum Gasteiger partial charge on any atom is 0.226 e. The Balaban J connectivity index is 1.81. The third kappa shape index (κ3) is 4.98. The van der Waals surface area contributed by atoms with E-state index in [4.69, 9.17) is 0 Å². The first-order valence-corrected chi connectivity index (χ1v) is 8.27. The van der Waals surface area contributed by atoms with Crippen LogP contribution in [0.3, 0.4) is 0 Å². The van der Waals surface area contributed by atoms with Crippen LogP contribution in [0.15, 0.2) is 48.5 Å². The summed E-state index contributed by atoms with van der Waals surface area (Å²) in [6.45, 7) is 6.50. The number of anilines is 3. The van der Waals surface area contributed by atoms with E-state index in [9.17, 15) is 9.18 Å². The van der Waals surface area contributed by atoms with Crippen molar-refractivity contribution in [1.29, 1.82) is 0 Å². The minimum Gasteiger partial charge on any atom is -0.382 e. The summed E-state index contributed by atoms with van der Waals surface area (Å²) in [5.74, 6) is -0.417. The SMILES string of the molecule is CCN(CC)c1ccc(NC(=O)CCNc2ccccc2F)cc1. The van der Waals surface area contributed by atoms with Crippen LogP contribution in [0, 0.1) is 5.82 Å². The second kappa shape index (κ2) is 8.91. The molecule has 2 N–H and O–H groups in total. The molecule has 4 nitrogen and oxygen atoms in total. The first-order chi connectivity index (χ1) is 11.6. The molecule has 0 saturated heterocycles. The summed E-state index contributed by atoms with van der Waals surface area (Å²) in [4.78, 5) is 14.2. The monoisotopic (exact) mass is 329 g/mol. The van der Waals surface area contributed by atoms with Gasteiger partial charge >= 0.3 is 0 Å². The van der Waals surface area contributed by atoms with Crippen molar-refractivity contribution in [2.24, 2.45) is 0 Å². The summed E-state index contributed by atoms with van der Waals surface area (Å²) in [5, 5.41) is 5.78. The predicted molar refractivity (Wildman–Crippen MR) is 98.1 cm³/mol. The molecule has 2 aromatic rings. The molecule has 0 aromatic heterocycles. The quantitative estimate of drug-likeness (QED) is 0.766. The molecule has 128 valence electrons. The lowest BCUT2D eigenvalue weighted by molar-refractivity contribution is -0.115. The number of hydrogen-bond donors (Lipinski definition) is 2. The van der Waals surface area contributed by atoms with Crippen LogP contribution < -0.4 is 15.5 Å². The summed E-state index contributed by atoms with van der Waals surface area (Å²) in [7, 11) is 0. The van der Waals surface area contributed by atoms with E-state index in [-0.39, 0.29) is 18.1 Å². The Morgan fingerprint density at radius 1 is 1.04 bits per heavy atom. The Labute approximate surface area is 142 Å². The molecule has 0 aliphatic rings. The molecule has 5 heteroatoms. The number of nitrogens with one attached hydrogen (secondary N) is 2. The van der Waals surface area contributed by atoms with E-state index < -0.39 is 0 Å². The summed E-state index contributed by atoms with van der Waals surface area (Å²) in [6, 6.07) is 14.2. The summed E-state index contributed by atoms with van der Waals surface area (Å²) in [5.41, 5.74) is 2.31. The molecule has 0 unspecified atom stereocenters. The van der Waals surface area contributed by atoms with Crippen LogP contribution in [0.25, 0.3) is 0 Å². The van der Waals surface area contributed by atoms with Crippen molar-refractivity contribution in [3.05, 3.63) is 54.3 Å². The third-order valence-electron chi connectivity index (χ3n) is 3.82. The van der Waals surface area contributed by atoms with Gasteiger partial charge in [-0.15, -0.1) is 0 Å². The van der Waals surface area contributed by atoms with Gasteiger partial charge in [-0.25, -0.2) is 4.39 Å². The van der Waals surface area contributed by atoms with Gasteiger partial charge in [0.1, 0.15) is 5.82 Å². The standard InChI is InChI=1S/C19H24FN3O/c1-3-23(4-2)16-11-9-15(10-12-16)22-19(24)13-14-21-18-8-6-5-7-17(18)20/h5-12,21H,3-4,13-14H2,1-2H3,(H,22,24). The van der Waals surface area contributed by atoms with Gasteiger partial charge in [0, 0.05) is 37.4 Å². The maximum atomic E-state index is 13.5. The molecule has 0 bridgehead atoms. The Kier molecular flexibility index (Phi) is 6.61. The maximum absolute atomic E-state index is 13.5. The number of rotatable bonds is 8. The van der Waals surface area contributed by atoms with E-state index in [1.807, 2.05) is 24.3 Å². The summed E-state index contributed by atoms with van der Waals surface area (Å²) >= 11 is 0. The molecule has 0 heterocycles. The summed E-state index contributed by atoms with van der Waals surface area (Å²) < 4.78 is 13.5. The number of nitrogens with zero attached hydrogens (tertiary/aromatic N) is 1. The largest absolute Gasteiger partial charge is 0.382 e. The van der Waals surface area contributed by atoms with E-state index in [1.165, 1.54) is 6.07 Å². The van der Waals surface area contributed by atoms with Gasteiger partial charge < -0.3 is 15.5 Å². The normalized spacial score (nSPS) is 10.3. The van der Waals surface area contributed by atoms with Crippen LogP contribution >= 0.6 is 0 Å². The number of hydrogen-bond acceptors (Lipinski definition) is 3. The molecule has 0 aliphatic carbocycles. The zero-order valence-electron chi connectivity index (χ0n) is 14.2. The average molecular weight is 329 g/mol. The number of carbonyl (C=O) groups is 1. The highest BCUT2D eigenvalue weighted by Crippen LogP contribution is 2.18. The van der Waals surface area contributed by atoms with Crippen molar-refractivity contribution in [2.75, 3.05) is 35.2 Å². The molecule has 24 heavy (non-hydrogen) atoms. The molecule has 0 fully saturated rings. The second-order valence-corrected chi connectivity index (χ2v) is 5.42. The molecule has 0 radical (unpaired) electrons. The van der Waals surface area contributed by atoms with Crippen molar-refractivity contribution in [2.45, 2.75) is 20.3 Å². The van der Waals surface area contributed by atoms with Crippen molar-refractivity contribution in [3.63, 3.8) is 0 Å². The Morgan fingerprint density at radius 3 is 2.33 bits per heavy atom. The molecule has 2 rings (SSSR count). The number of halogens is 1. The summed E-state index contributed by atoms with van der Waals surface area (Å²) in [6.07, 6.45) is 0.270. The van der Waals surface area contributed by atoms with Crippen molar-refractivity contribution >= 4 is 23.0 Å². The van der Waals surface area contributed by atoms with Gasteiger partial charge in [0.25, 0.3) is 0 Å². The van der Waals surface area contributed by atoms with Crippen LogP contribution in [0.1, 0.15) is 20.3 Å². The van der Waals surface area contributed by atoms with Crippen molar-refractivity contribution in [3.8, 4) is 0 Å². The minimum absolute atomic E-state index is 0.102. The molecule has 0 atom stereocenters. The molecule has 0 saturated carbocycles. The zero-order valence-corrected chi connectivity index (χ0v) is 14.2. The molecule has 2 aromatic carbocycles. The van der Waals surface area contributed by atoms with Crippen molar-refractivity contribution in [1.82, 2.24) is 0 Å². The lowest BCUT2D eigenvalue weighted by atomic mass is 10.2. The van der Waals surface area contributed by atoms with E-state index in [0.717, 1.165) is 24.5 Å². The van der Waals surface area contributed by atoms with E-state index in [0.29, 0.717) is 12.2 Å². The van der Waals surface area contributed by atoms with Gasteiger partial charge in [-0.1, -0.05) is 12.1 Å². The van der Waals surface area contributed by atoms with Crippen molar-refractivity contribution < 1.29 is 9.18 Å². The van der Waals surface area contributed by atoms with Gasteiger partial charge in [-0.05, 0) is 50.2 Å². The van der Waals surface area contributed by atoms with Gasteiger partial charge in [-0.2, -0.15) is 0 Å². The van der Waals surface area contributed by atoms with Crippen LogP contribution in [0.2, 0.25) is 0 Å². The molecular formula is C19H24FN3O. The Morgan fingerprint density at radius 2 is 1.71 bits per heavy atom. The fourth-order valence-corrected chi connectivity index (χ4v) is 2.48. The smallest absolute Gasteiger partial charge is 0.226 e. The zero-order chi connectivity index (χ0) is 17.4. The van der Waals surface area contributed by atoms with Crippen LogP contribution in [0.5, 0.6) is 0 Å². The second-order valence-electron chi connectivity index (χ2n) is 5.42. The number of carbonyl (C=O) groups excluding carboxylic acids is 1.